The molecule has 0 saturated carbocycles. The Balaban J connectivity index is -0.000000167. The Bertz CT molecular complexity index is 67.1. The molecule has 0 aromatic heterocycles. The van der Waals surface area contributed by atoms with E-state index in [9.17, 15) is 0 Å². The predicted octanol–water partition coefficient (Wildman–Crippen LogP) is 4.41. The molecule has 0 spiro atoms. The summed E-state index contributed by atoms with van der Waals surface area (Å²) >= 11 is 2.46. The Morgan fingerprint density at radius 3 is 1.67 bits per heavy atom. The molecule has 0 radical (unpaired) electrons. The molecule has 0 aliphatic carbocycles. The first-order valence-electron chi connectivity index (χ1n) is 4.97. The van der Waals surface area contributed by atoms with Crippen molar-refractivity contribution in [1.29, 1.82) is 0 Å². The van der Waals surface area contributed by atoms with Crippen LogP contribution in [0.15, 0.2) is 0 Å². The molecule has 0 heterocycles. The normalized spacial score (nSPS) is 9.50. The van der Waals surface area contributed by atoms with Crippen LogP contribution < -0.4 is 0 Å². The van der Waals surface area contributed by atoms with E-state index >= 15 is 0 Å². The topological polar surface area (TPSA) is 0 Å². The van der Waals surface area contributed by atoms with E-state index in [4.69, 9.17) is 0 Å². The summed E-state index contributed by atoms with van der Waals surface area (Å²) in [7, 11) is 0. The molecule has 0 bridgehead atoms. The molecule has 0 atom stereocenters. The standard InChI is InChI=1S/C10H21I.Mg.2H/c1-2-3-4-5-6-7-8-9-10-11;;;/h2-10H2,1H3;;;/q;+2;2*-1. The number of unbranched alkanes of at least 4 members (excludes halogenated alkanes) is 7. The summed E-state index contributed by atoms with van der Waals surface area (Å²) in [5, 5.41) is 0. The molecule has 12 heavy (non-hydrogen) atoms. The Hall–Kier alpha value is 1.50. The maximum absolute atomic E-state index is 2.46. The minimum atomic E-state index is 0. The van der Waals surface area contributed by atoms with E-state index < -0.39 is 0 Å². The Morgan fingerprint density at radius 2 is 1.25 bits per heavy atom. The van der Waals surface area contributed by atoms with Crippen molar-refractivity contribution in [3.63, 3.8) is 0 Å². The molecule has 0 aromatic carbocycles. The van der Waals surface area contributed by atoms with Gasteiger partial charge in [-0.05, 0) is 10.8 Å². The molecule has 0 aliphatic heterocycles. The van der Waals surface area contributed by atoms with Gasteiger partial charge in [0.1, 0.15) is 0 Å². The van der Waals surface area contributed by atoms with Crippen LogP contribution in [0.25, 0.3) is 0 Å². The molecule has 0 nitrogen and oxygen atoms in total. The summed E-state index contributed by atoms with van der Waals surface area (Å²) in [5.74, 6) is 0. The monoisotopic (exact) mass is 294 g/mol. The maximum atomic E-state index is 2.46. The van der Waals surface area contributed by atoms with Gasteiger partial charge in [0.05, 0.1) is 0 Å². The van der Waals surface area contributed by atoms with Crippen LogP contribution in [0.5, 0.6) is 0 Å². The van der Waals surface area contributed by atoms with E-state index in [2.05, 4.69) is 29.5 Å². The zero-order valence-electron chi connectivity index (χ0n) is 10.4. The van der Waals surface area contributed by atoms with Gasteiger partial charge >= 0.3 is 23.1 Å². The molecule has 0 aliphatic rings. The van der Waals surface area contributed by atoms with E-state index in [1.54, 1.807) is 0 Å². The van der Waals surface area contributed by atoms with Crippen molar-refractivity contribution in [1.82, 2.24) is 0 Å². The zero-order valence-corrected chi connectivity index (χ0v) is 12.0. The van der Waals surface area contributed by atoms with Gasteiger partial charge in [0.25, 0.3) is 0 Å². The van der Waals surface area contributed by atoms with Crippen molar-refractivity contribution < 1.29 is 2.85 Å². The first kappa shape index (κ1) is 15.9. The van der Waals surface area contributed by atoms with Crippen LogP contribution in [0.1, 0.15) is 61.1 Å². The van der Waals surface area contributed by atoms with Crippen LogP contribution in [0.2, 0.25) is 0 Å². The fraction of sp³-hybridized carbons (Fsp3) is 1.00. The van der Waals surface area contributed by atoms with E-state index in [1.165, 1.54) is 55.8 Å². The molecule has 0 saturated heterocycles. The van der Waals surface area contributed by atoms with Gasteiger partial charge in [-0.15, -0.1) is 0 Å². The molecule has 0 amide bonds. The summed E-state index contributed by atoms with van der Waals surface area (Å²) in [6, 6.07) is 0. The average molecular weight is 295 g/mol. The number of rotatable bonds is 8. The van der Waals surface area contributed by atoms with Crippen LogP contribution in [0.3, 0.4) is 0 Å². The average Bonchev–Trinajstić information content (AvgIpc) is 2.03. The van der Waals surface area contributed by atoms with Gasteiger partial charge < -0.3 is 2.85 Å². The minimum absolute atomic E-state index is 0. The van der Waals surface area contributed by atoms with Gasteiger partial charge in [0.15, 0.2) is 0 Å². The quantitative estimate of drug-likeness (QED) is 0.269. The molecular formula is C10H23IMg. The van der Waals surface area contributed by atoms with Crippen LogP contribution in [0.4, 0.5) is 0 Å². The summed E-state index contributed by atoms with van der Waals surface area (Å²) in [6.07, 6.45) is 11.5. The fourth-order valence-electron chi connectivity index (χ4n) is 1.23. The van der Waals surface area contributed by atoms with E-state index in [0.29, 0.717) is 0 Å². The maximum Gasteiger partial charge on any atom is 2.00 e. The van der Waals surface area contributed by atoms with Crippen molar-refractivity contribution in [3.8, 4) is 0 Å². The molecule has 0 fully saturated rings. The number of hydrogen-bond donors (Lipinski definition) is 0. The first-order chi connectivity index (χ1) is 5.41. The Kier molecular flexibility index (Phi) is 19.9. The van der Waals surface area contributed by atoms with Crippen molar-refractivity contribution in [2.45, 2.75) is 58.3 Å². The fourth-order valence-corrected chi connectivity index (χ4v) is 1.77. The third kappa shape index (κ3) is 14.0. The molecule has 72 valence electrons. The second kappa shape index (κ2) is 15.0. The van der Waals surface area contributed by atoms with E-state index in [1.807, 2.05) is 0 Å². The number of alkyl halides is 1. The summed E-state index contributed by atoms with van der Waals surface area (Å²) in [5.41, 5.74) is 0. The van der Waals surface area contributed by atoms with Gasteiger partial charge in [-0.3, -0.25) is 0 Å². The van der Waals surface area contributed by atoms with Crippen molar-refractivity contribution in [2.75, 3.05) is 4.43 Å². The van der Waals surface area contributed by atoms with Crippen LogP contribution in [0, 0.1) is 0 Å². The number of hydrogen-bond acceptors (Lipinski definition) is 0. The summed E-state index contributed by atoms with van der Waals surface area (Å²) < 4.78 is 1.34. The largest absolute Gasteiger partial charge is 2.00 e. The van der Waals surface area contributed by atoms with Gasteiger partial charge in [-0.2, -0.15) is 0 Å². The molecule has 0 aromatic rings. The predicted molar refractivity (Wildman–Crippen MR) is 69.5 cm³/mol. The van der Waals surface area contributed by atoms with Crippen molar-refractivity contribution in [3.05, 3.63) is 0 Å². The van der Waals surface area contributed by atoms with Crippen LogP contribution >= 0.6 is 22.6 Å². The van der Waals surface area contributed by atoms with Gasteiger partial charge in [-0.25, -0.2) is 0 Å². The van der Waals surface area contributed by atoms with Gasteiger partial charge in [0.2, 0.25) is 0 Å². The Labute approximate surface area is 111 Å². The second-order valence-electron chi connectivity index (χ2n) is 3.16. The van der Waals surface area contributed by atoms with Gasteiger partial charge in [-0.1, -0.05) is 74.5 Å². The zero-order chi connectivity index (χ0) is 8.36. The molecule has 0 N–H and O–H groups in total. The van der Waals surface area contributed by atoms with Crippen LogP contribution in [-0.4, -0.2) is 27.5 Å². The number of halogens is 1. The summed E-state index contributed by atoms with van der Waals surface area (Å²) in [6.45, 7) is 2.27. The molecule has 0 rings (SSSR count). The molecule has 0 unspecified atom stereocenters. The van der Waals surface area contributed by atoms with Gasteiger partial charge in [0, 0.05) is 0 Å². The summed E-state index contributed by atoms with van der Waals surface area (Å²) in [4.78, 5) is 0. The third-order valence-electron chi connectivity index (χ3n) is 1.99. The van der Waals surface area contributed by atoms with Crippen molar-refractivity contribution >= 4 is 45.6 Å². The molecule has 2 heteroatoms. The SMILES string of the molecule is CCCCCCCCCCI.[H-].[H-].[Mg+2]. The van der Waals surface area contributed by atoms with E-state index in [-0.39, 0.29) is 25.9 Å². The van der Waals surface area contributed by atoms with Crippen molar-refractivity contribution in [2.24, 2.45) is 0 Å². The van der Waals surface area contributed by atoms with E-state index in [0.717, 1.165) is 0 Å². The Morgan fingerprint density at radius 1 is 0.833 bits per heavy atom. The minimum Gasteiger partial charge on any atom is -1.00 e. The smallest absolute Gasteiger partial charge is 1.00 e. The molecular weight excluding hydrogens is 271 g/mol. The second-order valence-corrected chi connectivity index (χ2v) is 4.24. The third-order valence-corrected chi connectivity index (χ3v) is 2.75. The van der Waals surface area contributed by atoms with Crippen LogP contribution in [-0.2, 0) is 0 Å². The first-order valence-corrected chi connectivity index (χ1v) is 6.50.